The number of hydrogen-bond donors (Lipinski definition) is 1. The summed E-state index contributed by atoms with van der Waals surface area (Å²) < 4.78 is 0. The Morgan fingerprint density at radius 2 is 2.17 bits per heavy atom. The molecule has 0 aliphatic carbocycles. The van der Waals surface area contributed by atoms with Crippen LogP contribution < -0.4 is 0 Å². The zero-order valence-corrected chi connectivity index (χ0v) is 11.4. The van der Waals surface area contributed by atoms with Crippen LogP contribution in [0.2, 0.25) is 5.02 Å². The largest absolute Gasteiger partial charge is 0.481 e. The first kappa shape index (κ1) is 13.4. The molecule has 0 aromatic heterocycles. The highest BCUT2D eigenvalue weighted by molar-refractivity contribution is 6.30. The van der Waals surface area contributed by atoms with Crippen LogP contribution in [0.4, 0.5) is 0 Å². The van der Waals surface area contributed by atoms with Gasteiger partial charge in [0, 0.05) is 30.1 Å². The van der Waals surface area contributed by atoms with Crippen LogP contribution in [-0.2, 0) is 4.79 Å². The summed E-state index contributed by atoms with van der Waals surface area (Å²) in [4.78, 5) is 13.6. The maximum atomic E-state index is 11.4. The zero-order chi connectivity index (χ0) is 13.3. The van der Waals surface area contributed by atoms with Crippen molar-refractivity contribution in [2.75, 3.05) is 13.1 Å². The van der Waals surface area contributed by atoms with E-state index in [2.05, 4.69) is 18.7 Å². The van der Waals surface area contributed by atoms with E-state index in [1.165, 1.54) is 0 Å². The number of aliphatic carboxylic acids is 1. The fourth-order valence-corrected chi connectivity index (χ4v) is 2.78. The SMILES string of the molecule is CC(C)N1CC(C(=O)O)C(c2cccc(Cl)c2)C1. The highest BCUT2D eigenvalue weighted by Crippen LogP contribution is 2.34. The Balaban J connectivity index is 2.27. The summed E-state index contributed by atoms with van der Waals surface area (Å²) in [5.41, 5.74) is 1.03. The van der Waals surface area contributed by atoms with Crippen molar-refractivity contribution in [2.24, 2.45) is 5.92 Å². The first-order valence-corrected chi connectivity index (χ1v) is 6.59. The molecule has 1 N–H and O–H groups in total. The molecular weight excluding hydrogens is 250 g/mol. The van der Waals surface area contributed by atoms with Crippen LogP contribution in [0.1, 0.15) is 25.3 Å². The van der Waals surface area contributed by atoms with Gasteiger partial charge in [0.25, 0.3) is 0 Å². The highest BCUT2D eigenvalue weighted by Gasteiger charge is 2.39. The van der Waals surface area contributed by atoms with Crippen LogP contribution in [-0.4, -0.2) is 35.1 Å². The Hall–Kier alpha value is -1.06. The molecule has 1 aromatic rings. The minimum atomic E-state index is -0.719. The fourth-order valence-electron chi connectivity index (χ4n) is 2.58. The van der Waals surface area contributed by atoms with Gasteiger partial charge in [0.2, 0.25) is 0 Å². The molecule has 3 nitrogen and oxygen atoms in total. The number of carbonyl (C=O) groups is 1. The molecule has 0 saturated carbocycles. The number of carboxylic acids is 1. The molecule has 1 aromatic carbocycles. The van der Waals surface area contributed by atoms with Gasteiger partial charge in [-0.05, 0) is 31.5 Å². The number of hydrogen-bond acceptors (Lipinski definition) is 2. The average Bonchev–Trinajstić information content (AvgIpc) is 2.73. The van der Waals surface area contributed by atoms with Crippen molar-refractivity contribution < 1.29 is 9.90 Å². The minimum Gasteiger partial charge on any atom is -0.481 e. The van der Waals surface area contributed by atoms with Crippen LogP contribution in [0.15, 0.2) is 24.3 Å². The van der Waals surface area contributed by atoms with Gasteiger partial charge in [0.15, 0.2) is 0 Å². The van der Waals surface area contributed by atoms with Gasteiger partial charge in [-0.25, -0.2) is 0 Å². The molecule has 2 atom stereocenters. The fraction of sp³-hybridized carbons (Fsp3) is 0.500. The second kappa shape index (κ2) is 5.29. The van der Waals surface area contributed by atoms with Crippen LogP contribution in [0.25, 0.3) is 0 Å². The maximum absolute atomic E-state index is 11.4. The lowest BCUT2D eigenvalue weighted by Gasteiger charge is -2.20. The number of rotatable bonds is 3. The zero-order valence-electron chi connectivity index (χ0n) is 10.6. The van der Waals surface area contributed by atoms with E-state index in [4.69, 9.17) is 11.6 Å². The third-order valence-electron chi connectivity index (χ3n) is 3.67. The maximum Gasteiger partial charge on any atom is 0.308 e. The topological polar surface area (TPSA) is 40.5 Å². The van der Waals surface area contributed by atoms with E-state index in [1.807, 2.05) is 24.3 Å². The Bertz CT molecular complexity index is 447. The molecule has 98 valence electrons. The van der Waals surface area contributed by atoms with Gasteiger partial charge in [-0.2, -0.15) is 0 Å². The predicted molar refractivity (Wildman–Crippen MR) is 72.0 cm³/mol. The number of carboxylic acid groups (broad SMARTS) is 1. The Morgan fingerprint density at radius 3 is 2.72 bits per heavy atom. The molecule has 1 saturated heterocycles. The van der Waals surface area contributed by atoms with Gasteiger partial charge in [0.05, 0.1) is 5.92 Å². The van der Waals surface area contributed by atoms with Crippen LogP contribution in [0.5, 0.6) is 0 Å². The summed E-state index contributed by atoms with van der Waals surface area (Å²) in [5, 5.41) is 10.0. The summed E-state index contributed by atoms with van der Waals surface area (Å²) in [7, 11) is 0. The summed E-state index contributed by atoms with van der Waals surface area (Å²) in [6.07, 6.45) is 0. The molecular formula is C14H18ClNO2. The monoisotopic (exact) mass is 267 g/mol. The normalized spacial score (nSPS) is 24.7. The number of nitrogens with zero attached hydrogens (tertiary/aromatic N) is 1. The van der Waals surface area contributed by atoms with Gasteiger partial charge in [0.1, 0.15) is 0 Å². The van der Waals surface area contributed by atoms with Crippen molar-refractivity contribution in [3.63, 3.8) is 0 Å². The molecule has 0 spiro atoms. The predicted octanol–water partition coefficient (Wildman–Crippen LogP) is 2.85. The molecule has 18 heavy (non-hydrogen) atoms. The van der Waals surface area contributed by atoms with E-state index in [0.29, 0.717) is 17.6 Å². The van der Waals surface area contributed by atoms with E-state index < -0.39 is 5.97 Å². The standard InChI is InChI=1S/C14H18ClNO2/c1-9(2)16-7-12(13(8-16)14(17)18)10-4-3-5-11(15)6-10/h3-6,9,12-13H,7-8H2,1-2H3,(H,17,18). The Morgan fingerprint density at radius 1 is 1.44 bits per heavy atom. The number of likely N-dealkylation sites (tertiary alicyclic amines) is 1. The molecule has 2 rings (SSSR count). The van der Waals surface area contributed by atoms with E-state index >= 15 is 0 Å². The van der Waals surface area contributed by atoms with E-state index in [0.717, 1.165) is 12.1 Å². The first-order chi connectivity index (χ1) is 8.49. The van der Waals surface area contributed by atoms with Crippen molar-refractivity contribution in [2.45, 2.75) is 25.8 Å². The van der Waals surface area contributed by atoms with E-state index in [-0.39, 0.29) is 11.8 Å². The molecule has 1 aliphatic heterocycles. The minimum absolute atomic E-state index is 0.0311. The van der Waals surface area contributed by atoms with Crippen LogP contribution in [0.3, 0.4) is 0 Å². The molecule has 1 fully saturated rings. The van der Waals surface area contributed by atoms with Crippen LogP contribution in [0, 0.1) is 5.92 Å². The molecule has 1 heterocycles. The molecule has 2 unspecified atom stereocenters. The Labute approximate surface area is 112 Å². The van der Waals surface area contributed by atoms with Gasteiger partial charge < -0.3 is 5.11 Å². The van der Waals surface area contributed by atoms with Crippen molar-refractivity contribution in [3.8, 4) is 0 Å². The Kier molecular flexibility index (Phi) is 3.93. The van der Waals surface area contributed by atoms with Gasteiger partial charge in [-0.3, -0.25) is 9.69 Å². The highest BCUT2D eigenvalue weighted by atomic mass is 35.5. The number of benzene rings is 1. The molecule has 4 heteroatoms. The lowest BCUT2D eigenvalue weighted by atomic mass is 9.89. The molecule has 1 aliphatic rings. The second-order valence-electron chi connectivity index (χ2n) is 5.15. The second-order valence-corrected chi connectivity index (χ2v) is 5.59. The van der Waals surface area contributed by atoms with Gasteiger partial charge in [-0.15, -0.1) is 0 Å². The summed E-state index contributed by atoms with van der Waals surface area (Å²) in [6, 6.07) is 7.92. The summed E-state index contributed by atoms with van der Waals surface area (Å²) in [6.45, 7) is 5.59. The lowest BCUT2D eigenvalue weighted by Crippen LogP contribution is -2.29. The third-order valence-corrected chi connectivity index (χ3v) is 3.91. The van der Waals surface area contributed by atoms with E-state index in [1.54, 1.807) is 0 Å². The lowest BCUT2D eigenvalue weighted by molar-refractivity contribution is -0.141. The van der Waals surface area contributed by atoms with Crippen molar-refractivity contribution in [1.29, 1.82) is 0 Å². The van der Waals surface area contributed by atoms with E-state index in [9.17, 15) is 9.90 Å². The quantitative estimate of drug-likeness (QED) is 0.916. The van der Waals surface area contributed by atoms with Crippen molar-refractivity contribution in [1.82, 2.24) is 4.90 Å². The summed E-state index contributed by atoms with van der Waals surface area (Å²) in [5.74, 6) is -1.03. The van der Waals surface area contributed by atoms with Crippen molar-refractivity contribution in [3.05, 3.63) is 34.9 Å². The van der Waals surface area contributed by atoms with Gasteiger partial charge in [-0.1, -0.05) is 23.7 Å². The summed E-state index contributed by atoms with van der Waals surface area (Å²) >= 11 is 5.99. The third kappa shape index (κ3) is 2.68. The first-order valence-electron chi connectivity index (χ1n) is 6.21. The molecule has 0 amide bonds. The smallest absolute Gasteiger partial charge is 0.308 e. The van der Waals surface area contributed by atoms with Gasteiger partial charge >= 0.3 is 5.97 Å². The average molecular weight is 268 g/mol. The molecule has 0 radical (unpaired) electrons. The van der Waals surface area contributed by atoms with Crippen LogP contribution >= 0.6 is 11.6 Å². The number of halogens is 1. The van der Waals surface area contributed by atoms with Crippen molar-refractivity contribution >= 4 is 17.6 Å². The molecule has 0 bridgehead atoms.